The molecule has 1 aromatic carbocycles. The molecule has 0 N–H and O–H groups in total. The number of benzene rings is 1. The van der Waals surface area contributed by atoms with Gasteiger partial charge in [-0.3, -0.25) is 4.40 Å². The number of rotatable bonds is 2. The first kappa shape index (κ1) is 12.6. The van der Waals surface area contributed by atoms with Crippen LogP contribution in [0.15, 0.2) is 41.9 Å². The van der Waals surface area contributed by atoms with E-state index in [0.717, 1.165) is 27.5 Å². The summed E-state index contributed by atoms with van der Waals surface area (Å²) in [4.78, 5) is 4.48. The van der Waals surface area contributed by atoms with Crippen LogP contribution in [0.3, 0.4) is 0 Å². The van der Waals surface area contributed by atoms with Gasteiger partial charge in [0.05, 0.1) is 17.3 Å². The molecule has 104 valence electrons. The normalized spacial score (nSPS) is 11.5. The van der Waals surface area contributed by atoms with E-state index >= 15 is 0 Å². The molecule has 0 saturated heterocycles. The van der Waals surface area contributed by atoms with Gasteiger partial charge in [0, 0.05) is 5.02 Å². The summed E-state index contributed by atoms with van der Waals surface area (Å²) in [6.45, 7) is 0. The van der Waals surface area contributed by atoms with Gasteiger partial charge in [0.15, 0.2) is 16.5 Å². The van der Waals surface area contributed by atoms with Gasteiger partial charge >= 0.3 is 0 Å². The standard InChI is InChI=1S/C13H9ClN6S/c1-21-13-18-17-12-10-6-16-20(11(10)15-7-19(12)13)9-4-2-3-8(14)5-9/h2-7H,1H3. The topological polar surface area (TPSA) is 60.9 Å². The maximum Gasteiger partial charge on any atom is 0.196 e. The first-order valence-corrected chi connectivity index (χ1v) is 7.75. The first-order chi connectivity index (χ1) is 10.3. The third-order valence-electron chi connectivity index (χ3n) is 3.18. The minimum absolute atomic E-state index is 0.657. The molecule has 8 heteroatoms. The molecule has 3 aromatic heterocycles. The molecule has 0 spiro atoms. The van der Waals surface area contributed by atoms with Crippen molar-refractivity contribution in [3.63, 3.8) is 0 Å². The van der Waals surface area contributed by atoms with Crippen molar-refractivity contribution in [3.05, 3.63) is 41.8 Å². The van der Waals surface area contributed by atoms with E-state index in [2.05, 4.69) is 20.3 Å². The van der Waals surface area contributed by atoms with E-state index in [4.69, 9.17) is 11.6 Å². The molecule has 0 fully saturated rings. The molecular formula is C13H9ClN6S. The van der Waals surface area contributed by atoms with E-state index in [1.54, 1.807) is 17.2 Å². The first-order valence-electron chi connectivity index (χ1n) is 6.15. The van der Waals surface area contributed by atoms with Crippen LogP contribution in [0.25, 0.3) is 22.4 Å². The van der Waals surface area contributed by atoms with Crippen LogP contribution in [0.4, 0.5) is 0 Å². The Hall–Kier alpha value is -2.12. The van der Waals surface area contributed by atoms with Crippen LogP contribution < -0.4 is 0 Å². The fourth-order valence-corrected chi connectivity index (χ4v) is 2.87. The van der Waals surface area contributed by atoms with E-state index in [-0.39, 0.29) is 0 Å². The lowest BCUT2D eigenvalue weighted by atomic mass is 10.3. The van der Waals surface area contributed by atoms with Crippen molar-refractivity contribution >= 4 is 40.0 Å². The number of hydrogen-bond acceptors (Lipinski definition) is 5. The molecule has 0 atom stereocenters. The molecule has 0 unspecified atom stereocenters. The average molecular weight is 317 g/mol. The third-order valence-corrected chi connectivity index (χ3v) is 4.06. The van der Waals surface area contributed by atoms with Crippen LogP contribution >= 0.6 is 23.4 Å². The fraction of sp³-hybridized carbons (Fsp3) is 0.0769. The van der Waals surface area contributed by atoms with Gasteiger partial charge in [-0.05, 0) is 24.5 Å². The number of thioether (sulfide) groups is 1. The highest BCUT2D eigenvalue weighted by molar-refractivity contribution is 7.98. The number of nitrogens with zero attached hydrogens (tertiary/aromatic N) is 6. The second-order valence-electron chi connectivity index (χ2n) is 4.40. The Bertz CT molecular complexity index is 960. The molecule has 3 heterocycles. The lowest BCUT2D eigenvalue weighted by molar-refractivity contribution is 0.880. The van der Waals surface area contributed by atoms with Crippen molar-refractivity contribution in [3.8, 4) is 5.69 Å². The van der Waals surface area contributed by atoms with Crippen LogP contribution in [0.5, 0.6) is 0 Å². The molecule has 4 rings (SSSR count). The van der Waals surface area contributed by atoms with Crippen molar-refractivity contribution < 1.29 is 0 Å². The van der Waals surface area contributed by atoms with E-state index < -0.39 is 0 Å². The van der Waals surface area contributed by atoms with E-state index in [1.165, 1.54) is 11.8 Å². The van der Waals surface area contributed by atoms with Crippen molar-refractivity contribution in [1.29, 1.82) is 0 Å². The quantitative estimate of drug-likeness (QED) is 0.532. The lowest BCUT2D eigenvalue weighted by Gasteiger charge is -2.03. The zero-order chi connectivity index (χ0) is 14.4. The molecular weight excluding hydrogens is 308 g/mol. The molecule has 0 aliphatic rings. The van der Waals surface area contributed by atoms with Crippen molar-refractivity contribution in [2.45, 2.75) is 5.16 Å². The van der Waals surface area contributed by atoms with E-state index in [9.17, 15) is 0 Å². The van der Waals surface area contributed by atoms with Crippen LogP contribution in [0, 0.1) is 0 Å². The molecule has 0 aliphatic heterocycles. The largest absolute Gasteiger partial charge is 0.260 e. The Labute approximate surface area is 128 Å². The Morgan fingerprint density at radius 2 is 2.10 bits per heavy atom. The maximum atomic E-state index is 6.04. The van der Waals surface area contributed by atoms with Gasteiger partial charge in [-0.1, -0.05) is 29.4 Å². The van der Waals surface area contributed by atoms with Crippen molar-refractivity contribution in [1.82, 2.24) is 29.4 Å². The predicted molar refractivity (Wildman–Crippen MR) is 82.2 cm³/mol. The summed E-state index contributed by atoms with van der Waals surface area (Å²) in [5.41, 5.74) is 2.33. The molecule has 0 aliphatic carbocycles. The van der Waals surface area contributed by atoms with Crippen LogP contribution in [0.2, 0.25) is 5.02 Å². The minimum Gasteiger partial charge on any atom is -0.260 e. The summed E-state index contributed by atoms with van der Waals surface area (Å²) in [7, 11) is 0. The smallest absolute Gasteiger partial charge is 0.196 e. The summed E-state index contributed by atoms with van der Waals surface area (Å²) in [6, 6.07) is 7.48. The van der Waals surface area contributed by atoms with Crippen LogP contribution in [-0.2, 0) is 0 Å². The highest BCUT2D eigenvalue weighted by Crippen LogP contribution is 2.23. The lowest BCUT2D eigenvalue weighted by Crippen LogP contribution is -1.98. The van der Waals surface area contributed by atoms with Gasteiger partial charge in [-0.15, -0.1) is 10.2 Å². The number of halogens is 1. The molecule has 0 radical (unpaired) electrons. The second-order valence-corrected chi connectivity index (χ2v) is 5.61. The summed E-state index contributed by atoms with van der Waals surface area (Å²) in [5, 5.41) is 15.1. The highest BCUT2D eigenvalue weighted by Gasteiger charge is 2.13. The fourth-order valence-electron chi connectivity index (χ4n) is 2.24. The zero-order valence-corrected chi connectivity index (χ0v) is 12.5. The van der Waals surface area contributed by atoms with Gasteiger partial charge in [-0.25, -0.2) is 9.67 Å². The SMILES string of the molecule is CSc1nnc2c3cnn(-c4cccc(Cl)c4)c3ncn12. The minimum atomic E-state index is 0.657. The molecule has 0 bridgehead atoms. The zero-order valence-electron chi connectivity index (χ0n) is 10.9. The number of aromatic nitrogens is 6. The Balaban J connectivity index is 2.01. The van der Waals surface area contributed by atoms with Gasteiger partial charge in [0.25, 0.3) is 0 Å². The maximum absolute atomic E-state index is 6.04. The van der Waals surface area contributed by atoms with Gasteiger partial charge in [-0.2, -0.15) is 5.10 Å². The van der Waals surface area contributed by atoms with Gasteiger partial charge in [0.1, 0.15) is 6.33 Å². The van der Waals surface area contributed by atoms with E-state index in [0.29, 0.717) is 5.02 Å². The number of hydrogen-bond donors (Lipinski definition) is 0. The Morgan fingerprint density at radius 1 is 1.19 bits per heavy atom. The summed E-state index contributed by atoms with van der Waals surface area (Å²) >= 11 is 7.56. The molecule has 4 aromatic rings. The van der Waals surface area contributed by atoms with Gasteiger partial charge in [0.2, 0.25) is 0 Å². The van der Waals surface area contributed by atoms with E-state index in [1.807, 2.05) is 34.9 Å². The Morgan fingerprint density at radius 3 is 2.90 bits per heavy atom. The summed E-state index contributed by atoms with van der Waals surface area (Å²) < 4.78 is 3.60. The van der Waals surface area contributed by atoms with Crippen molar-refractivity contribution in [2.75, 3.05) is 6.26 Å². The summed E-state index contributed by atoms with van der Waals surface area (Å²) in [6.07, 6.45) is 5.42. The monoisotopic (exact) mass is 316 g/mol. The van der Waals surface area contributed by atoms with Gasteiger partial charge < -0.3 is 0 Å². The molecule has 0 amide bonds. The molecule has 21 heavy (non-hydrogen) atoms. The molecule has 6 nitrogen and oxygen atoms in total. The summed E-state index contributed by atoms with van der Waals surface area (Å²) in [5.74, 6) is 0. The van der Waals surface area contributed by atoms with Crippen LogP contribution in [-0.4, -0.2) is 35.6 Å². The average Bonchev–Trinajstić information content (AvgIpc) is 3.10. The Kier molecular flexibility index (Phi) is 2.83. The predicted octanol–water partition coefficient (Wildman–Crippen LogP) is 2.84. The second kappa shape index (κ2) is 4.71. The van der Waals surface area contributed by atoms with Crippen LogP contribution in [0.1, 0.15) is 0 Å². The third kappa shape index (κ3) is 1.89. The van der Waals surface area contributed by atoms with Crippen molar-refractivity contribution in [2.24, 2.45) is 0 Å². The number of fused-ring (bicyclic) bond motifs is 3. The molecule has 0 saturated carbocycles. The highest BCUT2D eigenvalue weighted by atomic mass is 35.5.